The van der Waals surface area contributed by atoms with Gasteiger partial charge in [-0.2, -0.15) is 0 Å². The number of hydrogen-bond acceptors (Lipinski definition) is 1. The molecular formula is C26H32ClN. The van der Waals surface area contributed by atoms with Gasteiger partial charge in [0, 0.05) is 36.4 Å². The Morgan fingerprint density at radius 1 is 0.893 bits per heavy atom. The van der Waals surface area contributed by atoms with E-state index < -0.39 is 0 Å². The van der Waals surface area contributed by atoms with Gasteiger partial charge in [-0.05, 0) is 47.4 Å². The van der Waals surface area contributed by atoms with E-state index in [9.17, 15) is 0 Å². The first-order valence-corrected chi connectivity index (χ1v) is 11.1. The summed E-state index contributed by atoms with van der Waals surface area (Å²) in [6.07, 6.45) is 8.59. The van der Waals surface area contributed by atoms with Crippen LogP contribution in [0.4, 0.5) is 0 Å². The lowest BCUT2D eigenvalue weighted by molar-refractivity contribution is 0.220. The van der Waals surface area contributed by atoms with E-state index >= 15 is 0 Å². The summed E-state index contributed by atoms with van der Waals surface area (Å²) in [6.45, 7) is 6.38. The van der Waals surface area contributed by atoms with Gasteiger partial charge in [0.05, 0.1) is 0 Å². The second-order valence-electron chi connectivity index (χ2n) is 10.0. The molecule has 0 aromatic heterocycles. The molecule has 1 nitrogen and oxygen atoms in total. The van der Waals surface area contributed by atoms with Gasteiger partial charge in [-0.15, -0.1) is 12.4 Å². The van der Waals surface area contributed by atoms with Crippen LogP contribution in [0.2, 0.25) is 0 Å². The Morgan fingerprint density at radius 2 is 1.57 bits per heavy atom. The summed E-state index contributed by atoms with van der Waals surface area (Å²) in [4.78, 5) is 2.85. The van der Waals surface area contributed by atoms with Gasteiger partial charge in [0.1, 0.15) is 0 Å². The Morgan fingerprint density at radius 3 is 2.36 bits per heavy atom. The number of fused-ring (bicyclic) bond motifs is 3. The molecule has 2 heteroatoms. The first kappa shape index (κ1) is 18.7. The van der Waals surface area contributed by atoms with Crippen LogP contribution < -0.4 is 0 Å². The first-order chi connectivity index (χ1) is 13.2. The molecule has 0 amide bonds. The van der Waals surface area contributed by atoms with Crippen LogP contribution in [0.5, 0.6) is 0 Å². The molecule has 1 heterocycles. The quantitative estimate of drug-likeness (QED) is 0.600. The molecule has 0 N–H and O–H groups in total. The second kappa shape index (κ2) is 6.61. The Kier molecular flexibility index (Phi) is 4.41. The van der Waals surface area contributed by atoms with Crippen molar-refractivity contribution in [2.24, 2.45) is 5.92 Å². The van der Waals surface area contributed by atoms with Crippen LogP contribution in [0, 0.1) is 5.92 Å². The normalized spacial score (nSPS) is 33.7. The third kappa shape index (κ3) is 2.42. The molecule has 3 aliphatic carbocycles. The zero-order valence-electron chi connectivity index (χ0n) is 17.0. The lowest BCUT2D eigenvalue weighted by Crippen LogP contribution is -2.39. The van der Waals surface area contributed by atoms with Gasteiger partial charge in [-0.3, -0.25) is 0 Å². The molecule has 2 aromatic rings. The fraction of sp³-hybridized carbons (Fsp3) is 0.538. The van der Waals surface area contributed by atoms with Gasteiger partial charge >= 0.3 is 0 Å². The average Bonchev–Trinajstić information content (AvgIpc) is 3.18. The molecule has 6 rings (SSSR count). The molecule has 3 atom stereocenters. The van der Waals surface area contributed by atoms with E-state index in [0.29, 0.717) is 11.3 Å². The highest BCUT2D eigenvalue weighted by atomic mass is 35.5. The maximum atomic E-state index is 2.85. The summed E-state index contributed by atoms with van der Waals surface area (Å²) in [5, 5.41) is 0. The van der Waals surface area contributed by atoms with E-state index in [1.165, 1.54) is 58.2 Å². The summed E-state index contributed by atoms with van der Waals surface area (Å²) < 4.78 is 0. The molecule has 2 aromatic carbocycles. The van der Waals surface area contributed by atoms with Gasteiger partial charge < -0.3 is 4.90 Å². The predicted octanol–water partition coefficient (Wildman–Crippen LogP) is 6.05. The lowest BCUT2D eigenvalue weighted by Gasteiger charge is -2.42. The maximum Gasteiger partial charge on any atom is 0.0189 e. The Balaban J connectivity index is 0.00000171. The van der Waals surface area contributed by atoms with Gasteiger partial charge in [0.15, 0.2) is 0 Å². The van der Waals surface area contributed by atoms with Crippen LogP contribution in [-0.4, -0.2) is 24.5 Å². The van der Waals surface area contributed by atoms with E-state index in [-0.39, 0.29) is 17.8 Å². The highest BCUT2D eigenvalue weighted by Gasteiger charge is 2.62. The van der Waals surface area contributed by atoms with E-state index in [2.05, 4.69) is 60.4 Å². The molecule has 1 unspecified atom stereocenters. The van der Waals surface area contributed by atoms with E-state index in [0.717, 1.165) is 5.92 Å². The monoisotopic (exact) mass is 393 g/mol. The first-order valence-electron chi connectivity index (χ1n) is 11.1. The highest BCUT2D eigenvalue weighted by molar-refractivity contribution is 5.85. The topological polar surface area (TPSA) is 3.24 Å². The molecule has 0 radical (unpaired) electrons. The minimum atomic E-state index is 0. The van der Waals surface area contributed by atoms with Crippen molar-refractivity contribution in [1.82, 2.24) is 4.90 Å². The molecular weight excluding hydrogens is 362 g/mol. The van der Waals surface area contributed by atoms with Crippen LogP contribution in [0.15, 0.2) is 48.5 Å². The zero-order chi connectivity index (χ0) is 18.1. The summed E-state index contributed by atoms with van der Waals surface area (Å²) in [5.74, 6) is 1.61. The summed E-state index contributed by atoms with van der Waals surface area (Å²) >= 11 is 0. The second-order valence-corrected chi connectivity index (χ2v) is 10.0. The number of nitrogens with zero attached hydrogens (tertiary/aromatic N) is 1. The van der Waals surface area contributed by atoms with E-state index in [1.807, 2.05) is 0 Å². The standard InChI is InChI=1S/C26H31N.ClH/c1-25-17-26(23-14-8-7-13-22(23)25)18-27(15-19-9-3-2-4-10-19)16-24(26)20-11-5-6-12-21(20)25;/h5-8,11-14,19,24H,2-4,9-10,15-18H2,1H3;1H/t24-,25?,26-;/m1./s1. The SMILES string of the molecule is CC12C[C@@]3(CN(CC4CCCCC4)C[C@@H]3c3ccccc31)c1ccccc12.Cl. The molecule has 4 aliphatic rings. The van der Waals surface area contributed by atoms with Crippen molar-refractivity contribution in [3.63, 3.8) is 0 Å². The summed E-state index contributed by atoms with van der Waals surface area (Å²) in [6, 6.07) is 18.8. The number of rotatable bonds is 2. The largest absolute Gasteiger partial charge is 0.302 e. The van der Waals surface area contributed by atoms with Crippen LogP contribution >= 0.6 is 12.4 Å². The lowest BCUT2D eigenvalue weighted by atomic mass is 9.61. The van der Waals surface area contributed by atoms with Crippen LogP contribution in [0.1, 0.15) is 73.6 Å². The van der Waals surface area contributed by atoms with Gasteiger partial charge in [-0.25, -0.2) is 0 Å². The van der Waals surface area contributed by atoms with Crippen LogP contribution in [0.25, 0.3) is 0 Å². The minimum absolute atomic E-state index is 0. The Bertz CT molecular complexity index is 873. The summed E-state index contributed by atoms with van der Waals surface area (Å²) in [5.41, 5.74) is 7.07. The van der Waals surface area contributed by atoms with Gasteiger partial charge in [0.25, 0.3) is 0 Å². The van der Waals surface area contributed by atoms with Crippen molar-refractivity contribution in [2.75, 3.05) is 19.6 Å². The van der Waals surface area contributed by atoms with Crippen molar-refractivity contribution in [2.45, 2.75) is 62.2 Å². The van der Waals surface area contributed by atoms with Gasteiger partial charge in [0.2, 0.25) is 0 Å². The van der Waals surface area contributed by atoms with Crippen molar-refractivity contribution in [3.8, 4) is 0 Å². The number of hydrogen-bond donors (Lipinski definition) is 0. The fourth-order valence-corrected chi connectivity index (χ4v) is 7.49. The molecule has 28 heavy (non-hydrogen) atoms. The molecule has 2 bridgehead atoms. The maximum absolute atomic E-state index is 2.85. The molecule has 1 saturated carbocycles. The third-order valence-electron chi connectivity index (χ3n) is 8.51. The molecule has 1 saturated heterocycles. The van der Waals surface area contributed by atoms with E-state index in [4.69, 9.17) is 0 Å². The smallest absolute Gasteiger partial charge is 0.0189 e. The molecule has 1 aliphatic heterocycles. The molecule has 1 spiro atoms. The fourth-order valence-electron chi connectivity index (χ4n) is 7.49. The number of benzene rings is 2. The Labute approximate surface area is 175 Å². The highest BCUT2D eigenvalue weighted by Crippen LogP contribution is 2.65. The van der Waals surface area contributed by atoms with E-state index in [1.54, 1.807) is 22.3 Å². The Hall–Kier alpha value is -1.31. The summed E-state index contributed by atoms with van der Waals surface area (Å²) in [7, 11) is 0. The molecule has 148 valence electrons. The number of halogens is 1. The van der Waals surface area contributed by atoms with Crippen LogP contribution in [0.3, 0.4) is 0 Å². The minimum Gasteiger partial charge on any atom is -0.302 e. The number of likely N-dealkylation sites (tertiary alicyclic amines) is 1. The van der Waals surface area contributed by atoms with Crippen molar-refractivity contribution in [3.05, 3.63) is 70.8 Å². The van der Waals surface area contributed by atoms with Crippen molar-refractivity contribution in [1.29, 1.82) is 0 Å². The zero-order valence-corrected chi connectivity index (χ0v) is 17.8. The van der Waals surface area contributed by atoms with Crippen molar-refractivity contribution >= 4 is 12.4 Å². The van der Waals surface area contributed by atoms with Crippen LogP contribution in [-0.2, 0) is 10.8 Å². The van der Waals surface area contributed by atoms with Gasteiger partial charge in [-0.1, -0.05) is 74.7 Å². The van der Waals surface area contributed by atoms with Crippen molar-refractivity contribution < 1.29 is 0 Å². The average molecular weight is 394 g/mol. The third-order valence-corrected chi connectivity index (χ3v) is 8.51. The molecule has 2 fully saturated rings. The predicted molar refractivity (Wildman–Crippen MR) is 119 cm³/mol.